The molecule has 1 aliphatic rings. The molecule has 0 spiro atoms. The highest BCUT2D eigenvalue weighted by molar-refractivity contribution is 7.99. The largest absolute Gasteiger partial charge is 0.377 e. The van der Waals surface area contributed by atoms with E-state index in [2.05, 4.69) is 4.98 Å². The van der Waals surface area contributed by atoms with Crippen molar-refractivity contribution in [1.82, 2.24) is 14.5 Å². The molecule has 1 saturated heterocycles. The molecule has 1 atom stereocenters. The maximum absolute atomic E-state index is 13.2. The Bertz CT molecular complexity index is 980. The van der Waals surface area contributed by atoms with Crippen LogP contribution in [0, 0.1) is 6.92 Å². The lowest BCUT2D eigenvalue weighted by Crippen LogP contribution is -2.25. The molecule has 0 N–H and O–H groups in total. The van der Waals surface area contributed by atoms with E-state index in [-0.39, 0.29) is 11.7 Å². The molecule has 3 heterocycles. The normalized spacial score (nSPS) is 17.5. The summed E-state index contributed by atoms with van der Waals surface area (Å²) in [5.41, 5.74) is 1.58. The number of fused-ring (bicyclic) bond motifs is 1. The van der Waals surface area contributed by atoms with Crippen LogP contribution >= 0.6 is 11.8 Å². The quantitative estimate of drug-likeness (QED) is 0.519. The minimum Gasteiger partial charge on any atom is -0.377 e. The third kappa shape index (κ3) is 3.39. The van der Waals surface area contributed by atoms with Gasteiger partial charge >= 0.3 is 0 Å². The predicted octanol–water partition coefficient (Wildman–Crippen LogP) is 3.75. The van der Waals surface area contributed by atoms with E-state index in [0.717, 1.165) is 36.3 Å². The molecule has 0 bridgehead atoms. The maximum Gasteiger partial charge on any atom is 0.267 e. The molecule has 6 heteroatoms. The standard InChI is InChI=1S/C20H21N3O2S/c1-14-7-6-11-21-18(14)23-19(24)16-9-2-3-10-17(16)22-20(23)26-13-15-8-4-5-12-25-15/h2-3,6-7,9-11,15H,4-5,8,12-13H2,1H3/t15-/m0/s1. The summed E-state index contributed by atoms with van der Waals surface area (Å²) in [7, 11) is 0. The van der Waals surface area contributed by atoms with Gasteiger partial charge in [0.2, 0.25) is 0 Å². The summed E-state index contributed by atoms with van der Waals surface area (Å²) in [5.74, 6) is 1.43. The Hall–Kier alpha value is -2.18. The van der Waals surface area contributed by atoms with Crippen molar-refractivity contribution in [3.05, 3.63) is 58.5 Å². The van der Waals surface area contributed by atoms with E-state index in [1.165, 1.54) is 6.42 Å². The number of hydrogen-bond donors (Lipinski definition) is 0. The zero-order valence-electron chi connectivity index (χ0n) is 14.7. The monoisotopic (exact) mass is 367 g/mol. The van der Waals surface area contributed by atoms with E-state index in [1.807, 2.05) is 43.3 Å². The van der Waals surface area contributed by atoms with Gasteiger partial charge in [-0.2, -0.15) is 0 Å². The van der Waals surface area contributed by atoms with Crippen molar-refractivity contribution in [3.8, 4) is 5.82 Å². The lowest BCUT2D eigenvalue weighted by Gasteiger charge is -2.22. The van der Waals surface area contributed by atoms with E-state index in [9.17, 15) is 4.79 Å². The summed E-state index contributed by atoms with van der Waals surface area (Å²) in [6.07, 6.45) is 5.32. The topological polar surface area (TPSA) is 57.0 Å². The van der Waals surface area contributed by atoms with Crippen molar-refractivity contribution in [2.24, 2.45) is 0 Å². The fourth-order valence-electron chi connectivity index (χ4n) is 3.21. The van der Waals surface area contributed by atoms with E-state index < -0.39 is 0 Å². The number of para-hydroxylation sites is 1. The highest BCUT2D eigenvalue weighted by Crippen LogP contribution is 2.25. The van der Waals surface area contributed by atoms with Crippen LogP contribution in [0.2, 0.25) is 0 Å². The molecule has 0 aliphatic carbocycles. The second-order valence-corrected chi connectivity index (χ2v) is 7.48. The van der Waals surface area contributed by atoms with Crippen LogP contribution < -0.4 is 5.56 Å². The fourth-order valence-corrected chi connectivity index (χ4v) is 4.27. The molecular formula is C20H21N3O2S. The minimum atomic E-state index is -0.0792. The number of nitrogens with zero attached hydrogens (tertiary/aromatic N) is 3. The van der Waals surface area contributed by atoms with Crippen molar-refractivity contribution in [1.29, 1.82) is 0 Å². The smallest absolute Gasteiger partial charge is 0.267 e. The van der Waals surface area contributed by atoms with Crippen LogP contribution in [0.15, 0.2) is 52.5 Å². The van der Waals surface area contributed by atoms with Gasteiger partial charge in [0.05, 0.1) is 17.0 Å². The van der Waals surface area contributed by atoms with E-state index in [4.69, 9.17) is 9.72 Å². The van der Waals surface area contributed by atoms with Crippen molar-refractivity contribution in [2.75, 3.05) is 12.4 Å². The molecule has 4 rings (SSSR count). The van der Waals surface area contributed by atoms with E-state index in [0.29, 0.717) is 16.4 Å². The molecule has 0 saturated carbocycles. The van der Waals surface area contributed by atoms with Crippen molar-refractivity contribution in [2.45, 2.75) is 37.4 Å². The van der Waals surface area contributed by atoms with Crippen LogP contribution in [0.5, 0.6) is 0 Å². The van der Waals surface area contributed by atoms with Gasteiger partial charge in [-0.3, -0.25) is 4.79 Å². The summed E-state index contributed by atoms with van der Waals surface area (Å²) in [6.45, 7) is 2.78. The Kier molecular flexibility index (Phi) is 5.04. The van der Waals surface area contributed by atoms with Gasteiger partial charge in [0, 0.05) is 18.6 Å². The summed E-state index contributed by atoms with van der Waals surface area (Å²) in [5, 5.41) is 1.28. The number of ether oxygens (including phenoxy) is 1. The first kappa shape index (κ1) is 17.2. The van der Waals surface area contributed by atoms with Gasteiger partial charge in [-0.1, -0.05) is 30.0 Å². The zero-order chi connectivity index (χ0) is 17.9. The number of thioether (sulfide) groups is 1. The van der Waals surface area contributed by atoms with Crippen LogP contribution in [0.25, 0.3) is 16.7 Å². The van der Waals surface area contributed by atoms with Gasteiger partial charge < -0.3 is 4.74 Å². The molecule has 0 radical (unpaired) electrons. The Morgan fingerprint density at radius 2 is 2.12 bits per heavy atom. The molecule has 1 aromatic carbocycles. The summed E-state index contributed by atoms with van der Waals surface area (Å²) < 4.78 is 7.48. The fraction of sp³-hybridized carbons (Fsp3) is 0.350. The molecule has 3 aromatic rings. The molecule has 5 nitrogen and oxygen atoms in total. The van der Waals surface area contributed by atoms with E-state index in [1.54, 1.807) is 22.5 Å². The molecule has 0 amide bonds. The molecule has 2 aromatic heterocycles. The first-order valence-corrected chi connectivity index (χ1v) is 9.91. The van der Waals surface area contributed by atoms with Gasteiger partial charge in [0.1, 0.15) is 5.82 Å². The van der Waals surface area contributed by atoms with Gasteiger partial charge in [-0.05, 0) is 49.9 Å². The third-order valence-corrected chi connectivity index (χ3v) is 5.68. The zero-order valence-corrected chi connectivity index (χ0v) is 15.5. The van der Waals surface area contributed by atoms with Crippen LogP contribution in [0.3, 0.4) is 0 Å². The molecule has 0 unspecified atom stereocenters. The molecule has 1 fully saturated rings. The van der Waals surface area contributed by atoms with Crippen LogP contribution in [-0.4, -0.2) is 33.0 Å². The lowest BCUT2D eigenvalue weighted by molar-refractivity contribution is 0.0315. The average Bonchev–Trinajstić information content (AvgIpc) is 2.68. The Morgan fingerprint density at radius 1 is 1.23 bits per heavy atom. The summed E-state index contributed by atoms with van der Waals surface area (Å²) in [4.78, 5) is 22.4. The number of pyridine rings is 1. The van der Waals surface area contributed by atoms with Gasteiger partial charge in [0.25, 0.3) is 5.56 Å². The Labute approximate surface area is 156 Å². The van der Waals surface area contributed by atoms with Gasteiger partial charge in [-0.25, -0.2) is 14.5 Å². The SMILES string of the molecule is Cc1cccnc1-n1c(SC[C@@H]2CCCCO2)nc2ccccc2c1=O. The minimum absolute atomic E-state index is 0.0792. The summed E-state index contributed by atoms with van der Waals surface area (Å²) >= 11 is 1.57. The molecule has 26 heavy (non-hydrogen) atoms. The predicted molar refractivity (Wildman–Crippen MR) is 104 cm³/mol. The van der Waals surface area contributed by atoms with Crippen LogP contribution in [0.4, 0.5) is 0 Å². The van der Waals surface area contributed by atoms with Gasteiger partial charge in [-0.15, -0.1) is 0 Å². The van der Waals surface area contributed by atoms with E-state index >= 15 is 0 Å². The number of hydrogen-bond acceptors (Lipinski definition) is 5. The Balaban J connectivity index is 1.80. The number of benzene rings is 1. The molecular weight excluding hydrogens is 346 g/mol. The van der Waals surface area contributed by atoms with Gasteiger partial charge in [0.15, 0.2) is 5.16 Å². The maximum atomic E-state index is 13.2. The second-order valence-electron chi connectivity index (χ2n) is 6.50. The average molecular weight is 367 g/mol. The first-order valence-electron chi connectivity index (χ1n) is 8.92. The van der Waals surface area contributed by atoms with Crippen molar-refractivity contribution in [3.63, 3.8) is 0 Å². The van der Waals surface area contributed by atoms with Crippen LogP contribution in [-0.2, 0) is 4.74 Å². The first-order chi connectivity index (χ1) is 12.7. The Morgan fingerprint density at radius 3 is 2.92 bits per heavy atom. The van der Waals surface area contributed by atoms with Crippen molar-refractivity contribution >= 4 is 22.7 Å². The van der Waals surface area contributed by atoms with Crippen molar-refractivity contribution < 1.29 is 4.74 Å². The second kappa shape index (κ2) is 7.60. The third-order valence-electron chi connectivity index (χ3n) is 4.61. The number of aryl methyl sites for hydroxylation is 1. The number of rotatable bonds is 4. The number of aromatic nitrogens is 3. The highest BCUT2D eigenvalue weighted by atomic mass is 32.2. The highest BCUT2D eigenvalue weighted by Gasteiger charge is 2.19. The van der Waals surface area contributed by atoms with Crippen LogP contribution in [0.1, 0.15) is 24.8 Å². The molecule has 1 aliphatic heterocycles. The lowest BCUT2D eigenvalue weighted by atomic mass is 10.1. The molecule has 134 valence electrons. The summed E-state index contributed by atoms with van der Waals surface area (Å²) in [6, 6.07) is 11.3.